The Bertz CT molecular complexity index is 1030. The van der Waals surface area contributed by atoms with Gasteiger partial charge in [0.15, 0.2) is 6.10 Å². The molecule has 0 radical (unpaired) electrons. The van der Waals surface area contributed by atoms with Crippen molar-refractivity contribution in [3.05, 3.63) is 36.5 Å². The second kappa shape index (κ2) is 50.3. The lowest BCUT2D eigenvalue weighted by atomic mass is 10.0. The lowest BCUT2D eigenvalue weighted by molar-refractivity contribution is -0.167. The largest absolute Gasteiger partial charge is 0.462 e. The minimum Gasteiger partial charge on any atom is -0.462 e. The van der Waals surface area contributed by atoms with Gasteiger partial charge in [0.25, 0.3) is 0 Å². The van der Waals surface area contributed by atoms with Crippen molar-refractivity contribution in [1.29, 1.82) is 0 Å². The molecule has 0 aromatic heterocycles. The molecule has 0 aromatic rings. The molecule has 6 nitrogen and oxygen atoms in total. The van der Waals surface area contributed by atoms with Crippen molar-refractivity contribution < 1.29 is 28.6 Å². The highest BCUT2D eigenvalue weighted by atomic mass is 16.6. The van der Waals surface area contributed by atoms with Crippen LogP contribution in [-0.4, -0.2) is 37.2 Å². The summed E-state index contributed by atoms with van der Waals surface area (Å²) >= 11 is 0. The number of unbranched alkanes of at least 4 members (excludes halogenated alkanes) is 31. The minimum absolute atomic E-state index is 0.0770. The normalized spacial score (nSPS) is 12.2. The third kappa shape index (κ3) is 48.5. The first kappa shape index (κ1) is 58.6. The summed E-state index contributed by atoms with van der Waals surface area (Å²) in [5, 5.41) is 0. The molecule has 0 aliphatic heterocycles. The van der Waals surface area contributed by atoms with E-state index in [4.69, 9.17) is 14.2 Å². The predicted octanol–water partition coefficient (Wildman–Crippen LogP) is 17.3. The molecule has 0 aromatic carbocycles. The Morgan fingerprint density at radius 2 is 0.590 bits per heavy atom. The fourth-order valence-corrected chi connectivity index (χ4v) is 7.59. The molecule has 0 amide bonds. The monoisotopic (exact) mass is 857 g/mol. The molecule has 0 spiro atoms. The molecule has 6 heteroatoms. The van der Waals surface area contributed by atoms with Crippen LogP contribution in [-0.2, 0) is 28.6 Å². The van der Waals surface area contributed by atoms with E-state index in [9.17, 15) is 14.4 Å². The SMILES string of the molecule is CCCCC/C=C\C/C=C\CCCCCCCC(=O)OC[C@H](COC(=O)CCCCCCCCCCCCCCCCC)OC(=O)CCCCCCC/C=C\CCCCCC. The molecule has 0 heterocycles. The van der Waals surface area contributed by atoms with Crippen LogP contribution in [0.5, 0.6) is 0 Å². The Hall–Kier alpha value is -2.37. The number of carbonyl (C=O) groups excluding carboxylic acids is 3. The molecule has 0 saturated heterocycles. The predicted molar refractivity (Wildman–Crippen MR) is 261 cm³/mol. The molecule has 0 fully saturated rings. The fraction of sp³-hybridized carbons (Fsp3) is 0.836. The van der Waals surface area contributed by atoms with Crippen molar-refractivity contribution in [2.75, 3.05) is 13.2 Å². The Morgan fingerprint density at radius 3 is 0.967 bits per heavy atom. The Morgan fingerprint density at radius 1 is 0.328 bits per heavy atom. The quantitative estimate of drug-likeness (QED) is 0.0262. The first-order valence-electron chi connectivity index (χ1n) is 26.5. The van der Waals surface area contributed by atoms with Crippen molar-refractivity contribution in [3.8, 4) is 0 Å². The molecule has 1 atom stereocenters. The maximum absolute atomic E-state index is 12.8. The van der Waals surface area contributed by atoms with Crippen molar-refractivity contribution >= 4 is 17.9 Å². The second-order valence-electron chi connectivity index (χ2n) is 17.8. The van der Waals surface area contributed by atoms with Crippen LogP contribution < -0.4 is 0 Å². The number of carbonyl (C=O) groups is 3. The Kier molecular flexibility index (Phi) is 48.3. The molecule has 356 valence electrons. The average Bonchev–Trinajstić information content (AvgIpc) is 3.26. The summed E-state index contributed by atoms with van der Waals surface area (Å²) in [4.78, 5) is 38.0. The van der Waals surface area contributed by atoms with Gasteiger partial charge in [-0.05, 0) is 77.0 Å². The molecule has 0 saturated carbocycles. The lowest BCUT2D eigenvalue weighted by Gasteiger charge is -2.18. The van der Waals surface area contributed by atoms with Crippen LogP contribution in [0.1, 0.15) is 278 Å². The van der Waals surface area contributed by atoms with E-state index in [-0.39, 0.29) is 31.1 Å². The number of esters is 3. The molecule has 0 rings (SSSR count). The number of hydrogen-bond donors (Lipinski definition) is 0. The van der Waals surface area contributed by atoms with Gasteiger partial charge in [-0.1, -0.05) is 218 Å². The summed E-state index contributed by atoms with van der Waals surface area (Å²) < 4.78 is 16.8. The highest BCUT2D eigenvalue weighted by molar-refractivity contribution is 5.71. The number of allylic oxidation sites excluding steroid dienone is 6. The summed E-state index contributed by atoms with van der Waals surface area (Å²) in [6, 6.07) is 0. The molecular weight excluding hydrogens is 757 g/mol. The maximum atomic E-state index is 12.8. The zero-order valence-electron chi connectivity index (χ0n) is 40.7. The zero-order chi connectivity index (χ0) is 44.4. The van der Waals surface area contributed by atoms with E-state index in [1.165, 1.54) is 148 Å². The van der Waals surface area contributed by atoms with Crippen LogP contribution in [0.2, 0.25) is 0 Å². The second-order valence-corrected chi connectivity index (χ2v) is 17.8. The highest BCUT2D eigenvalue weighted by Gasteiger charge is 2.19. The van der Waals surface area contributed by atoms with E-state index in [0.717, 1.165) is 89.9 Å². The van der Waals surface area contributed by atoms with Crippen molar-refractivity contribution in [2.45, 2.75) is 284 Å². The number of hydrogen-bond acceptors (Lipinski definition) is 6. The van der Waals surface area contributed by atoms with Crippen LogP contribution in [0.15, 0.2) is 36.5 Å². The van der Waals surface area contributed by atoms with Crippen molar-refractivity contribution in [2.24, 2.45) is 0 Å². The molecule has 0 bridgehead atoms. The smallest absolute Gasteiger partial charge is 0.306 e. The first-order valence-corrected chi connectivity index (χ1v) is 26.5. The summed E-state index contributed by atoms with van der Waals surface area (Å²) in [6.07, 6.45) is 58.3. The van der Waals surface area contributed by atoms with Gasteiger partial charge in [0, 0.05) is 19.3 Å². The van der Waals surface area contributed by atoms with Crippen molar-refractivity contribution in [1.82, 2.24) is 0 Å². The van der Waals surface area contributed by atoms with Crippen molar-refractivity contribution in [3.63, 3.8) is 0 Å². The van der Waals surface area contributed by atoms with Gasteiger partial charge in [-0.15, -0.1) is 0 Å². The van der Waals surface area contributed by atoms with E-state index in [1.807, 2.05) is 0 Å². The van der Waals surface area contributed by atoms with Gasteiger partial charge >= 0.3 is 17.9 Å². The van der Waals surface area contributed by atoms with E-state index in [1.54, 1.807) is 0 Å². The topological polar surface area (TPSA) is 78.9 Å². The van der Waals surface area contributed by atoms with E-state index < -0.39 is 6.10 Å². The Balaban J connectivity index is 4.37. The third-order valence-corrected chi connectivity index (χ3v) is 11.6. The number of ether oxygens (including phenoxy) is 3. The van der Waals surface area contributed by atoms with E-state index >= 15 is 0 Å². The standard InChI is InChI=1S/C55H100O6/c1-4-7-10-13-16-19-22-25-27-30-32-35-38-41-44-47-53(56)59-50-52(61-55(58)49-46-43-40-37-34-29-24-21-18-15-12-9-6-3)51-60-54(57)48-45-42-39-36-33-31-28-26-23-20-17-14-11-8-5-2/h16,19,21,24-25,27,52H,4-15,17-18,20,22-23,26,28-51H2,1-3H3/b19-16-,24-21-,27-25-/t52-/m1/s1. The van der Waals surface area contributed by atoms with Crippen LogP contribution >= 0.6 is 0 Å². The summed E-state index contributed by atoms with van der Waals surface area (Å²) in [5.41, 5.74) is 0. The van der Waals surface area contributed by atoms with Crippen LogP contribution in [0.3, 0.4) is 0 Å². The maximum Gasteiger partial charge on any atom is 0.306 e. The van der Waals surface area contributed by atoms with E-state index in [0.29, 0.717) is 19.3 Å². The third-order valence-electron chi connectivity index (χ3n) is 11.6. The summed E-state index contributed by atoms with van der Waals surface area (Å²) in [6.45, 7) is 6.60. The van der Waals surface area contributed by atoms with Crippen LogP contribution in [0.25, 0.3) is 0 Å². The molecule has 0 unspecified atom stereocenters. The average molecular weight is 857 g/mol. The van der Waals surface area contributed by atoms with Gasteiger partial charge in [0.1, 0.15) is 13.2 Å². The summed E-state index contributed by atoms with van der Waals surface area (Å²) in [7, 11) is 0. The molecule has 0 aliphatic rings. The lowest BCUT2D eigenvalue weighted by Crippen LogP contribution is -2.30. The molecule has 0 aliphatic carbocycles. The van der Waals surface area contributed by atoms with Gasteiger partial charge in [-0.2, -0.15) is 0 Å². The Labute approximate surface area is 378 Å². The van der Waals surface area contributed by atoms with Gasteiger partial charge < -0.3 is 14.2 Å². The van der Waals surface area contributed by atoms with Gasteiger partial charge in [-0.25, -0.2) is 0 Å². The fourth-order valence-electron chi connectivity index (χ4n) is 7.59. The van der Waals surface area contributed by atoms with E-state index in [2.05, 4.69) is 57.2 Å². The van der Waals surface area contributed by atoms with Crippen LogP contribution in [0.4, 0.5) is 0 Å². The minimum atomic E-state index is -0.778. The number of rotatable bonds is 48. The molecule has 0 N–H and O–H groups in total. The first-order chi connectivity index (χ1) is 30.0. The molecular formula is C55H100O6. The van der Waals surface area contributed by atoms with Gasteiger partial charge in [0.05, 0.1) is 0 Å². The zero-order valence-corrected chi connectivity index (χ0v) is 40.7. The van der Waals surface area contributed by atoms with Gasteiger partial charge in [0.2, 0.25) is 0 Å². The highest BCUT2D eigenvalue weighted by Crippen LogP contribution is 2.15. The van der Waals surface area contributed by atoms with Gasteiger partial charge in [-0.3, -0.25) is 14.4 Å². The molecule has 61 heavy (non-hydrogen) atoms. The summed E-state index contributed by atoms with van der Waals surface area (Å²) in [5.74, 6) is -0.889. The van der Waals surface area contributed by atoms with Crippen LogP contribution in [0, 0.1) is 0 Å².